The molecule has 0 radical (unpaired) electrons. The summed E-state index contributed by atoms with van der Waals surface area (Å²) in [5.41, 5.74) is -0.257. The topological polar surface area (TPSA) is 83.8 Å². The van der Waals surface area contributed by atoms with Gasteiger partial charge in [-0.15, -0.1) is 0 Å². The average molecular weight is 192 g/mol. The van der Waals surface area contributed by atoms with Crippen molar-refractivity contribution in [2.45, 2.75) is 6.54 Å². The van der Waals surface area contributed by atoms with Crippen LogP contribution >= 0.6 is 0 Å². The van der Waals surface area contributed by atoms with Gasteiger partial charge in [0.2, 0.25) is 0 Å². The second-order valence-corrected chi connectivity index (χ2v) is 2.60. The van der Waals surface area contributed by atoms with Crippen LogP contribution in [0.1, 0.15) is 5.76 Å². The van der Waals surface area contributed by atoms with Gasteiger partial charge >= 0.3 is 0 Å². The lowest BCUT2D eigenvalue weighted by atomic mass is 10.4. The van der Waals surface area contributed by atoms with Crippen LogP contribution in [0, 0.1) is 0 Å². The first kappa shape index (κ1) is 8.49. The normalized spacial score (nSPS) is 10.0. The first-order valence-corrected chi connectivity index (χ1v) is 4.03. The Labute approximate surface area is 79.0 Å². The Balaban J connectivity index is 2.06. The molecule has 2 heterocycles. The third kappa shape index (κ3) is 1.79. The Kier molecular flexibility index (Phi) is 2.26. The highest BCUT2D eigenvalue weighted by Gasteiger charge is 2.00. The lowest BCUT2D eigenvalue weighted by Gasteiger charge is -1.99. The van der Waals surface area contributed by atoms with Crippen molar-refractivity contribution in [1.82, 2.24) is 15.1 Å². The molecular formula is C8H8N4O2. The highest BCUT2D eigenvalue weighted by molar-refractivity contribution is 5.30. The van der Waals surface area contributed by atoms with E-state index in [0.29, 0.717) is 12.3 Å². The van der Waals surface area contributed by atoms with Crippen LogP contribution in [-0.2, 0) is 6.54 Å². The number of nitrogens with one attached hydrogen (secondary N) is 2. The second-order valence-electron chi connectivity index (χ2n) is 2.60. The van der Waals surface area contributed by atoms with Crippen molar-refractivity contribution < 1.29 is 4.52 Å². The standard InChI is InChI=1S/C8H8N4O2/c13-8-7(9-3-4-10-8)11-5-6-1-2-12-14-6/h1-4H,5H2,(H,9,11)(H,10,13). The van der Waals surface area contributed by atoms with Crippen molar-refractivity contribution in [3.63, 3.8) is 0 Å². The van der Waals surface area contributed by atoms with Crippen LogP contribution in [0.3, 0.4) is 0 Å². The Morgan fingerprint density at radius 1 is 1.50 bits per heavy atom. The zero-order chi connectivity index (χ0) is 9.80. The van der Waals surface area contributed by atoms with E-state index in [9.17, 15) is 4.79 Å². The van der Waals surface area contributed by atoms with E-state index in [4.69, 9.17) is 4.52 Å². The van der Waals surface area contributed by atoms with E-state index in [1.807, 2.05) is 0 Å². The molecule has 0 amide bonds. The summed E-state index contributed by atoms with van der Waals surface area (Å²) in [6.45, 7) is 0.389. The monoisotopic (exact) mass is 192 g/mol. The Morgan fingerprint density at radius 3 is 3.14 bits per heavy atom. The van der Waals surface area contributed by atoms with Gasteiger partial charge in [-0.05, 0) is 0 Å². The van der Waals surface area contributed by atoms with Crippen LogP contribution in [0.25, 0.3) is 0 Å². The number of aromatic amines is 1. The van der Waals surface area contributed by atoms with E-state index in [1.54, 1.807) is 12.3 Å². The molecule has 0 fully saturated rings. The summed E-state index contributed by atoms with van der Waals surface area (Å²) in [6.07, 6.45) is 4.52. The van der Waals surface area contributed by atoms with E-state index < -0.39 is 0 Å². The van der Waals surface area contributed by atoms with E-state index in [-0.39, 0.29) is 11.4 Å². The molecule has 0 saturated carbocycles. The van der Waals surface area contributed by atoms with E-state index in [2.05, 4.69) is 20.4 Å². The summed E-state index contributed by atoms with van der Waals surface area (Å²) in [4.78, 5) is 17.5. The minimum Gasteiger partial charge on any atom is -0.360 e. The summed E-state index contributed by atoms with van der Waals surface area (Å²) in [5.74, 6) is 0.916. The van der Waals surface area contributed by atoms with Crippen molar-refractivity contribution in [2.75, 3.05) is 5.32 Å². The first-order valence-electron chi connectivity index (χ1n) is 4.03. The quantitative estimate of drug-likeness (QED) is 0.734. The van der Waals surface area contributed by atoms with E-state index in [1.165, 1.54) is 12.4 Å². The summed E-state index contributed by atoms with van der Waals surface area (Å²) >= 11 is 0. The summed E-state index contributed by atoms with van der Waals surface area (Å²) in [5, 5.41) is 6.36. The number of aromatic nitrogens is 3. The summed E-state index contributed by atoms with van der Waals surface area (Å²) in [6, 6.07) is 1.71. The molecule has 2 aromatic heterocycles. The van der Waals surface area contributed by atoms with Crippen LogP contribution in [0.4, 0.5) is 5.82 Å². The van der Waals surface area contributed by atoms with Gasteiger partial charge < -0.3 is 14.8 Å². The van der Waals surface area contributed by atoms with Gasteiger partial charge in [0, 0.05) is 18.5 Å². The highest BCUT2D eigenvalue weighted by atomic mass is 16.5. The number of nitrogens with zero attached hydrogens (tertiary/aromatic N) is 2. The van der Waals surface area contributed by atoms with Gasteiger partial charge in [0.15, 0.2) is 11.6 Å². The van der Waals surface area contributed by atoms with Crippen LogP contribution in [0.5, 0.6) is 0 Å². The number of hydrogen-bond acceptors (Lipinski definition) is 5. The number of H-pyrrole nitrogens is 1. The maximum absolute atomic E-state index is 11.2. The zero-order valence-corrected chi connectivity index (χ0v) is 7.23. The Bertz CT molecular complexity index is 448. The zero-order valence-electron chi connectivity index (χ0n) is 7.23. The first-order chi connectivity index (χ1) is 6.86. The molecule has 0 bridgehead atoms. The van der Waals surface area contributed by atoms with Gasteiger partial charge in [-0.2, -0.15) is 0 Å². The largest absolute Gasteiger partial charge is 0.360 e. The minimum absolute atomic E-state index is 0.257. The van der Waals surface area contributed by atoms with E-state index >= 15 is 0 Å². The fourth-order valence-corrected chi connectivity index (χ4v) is 0.982. The van der Waals surface area contributed by atoms with Gasteiger partial charge in [0.05, 0.1) is 12.7 Å². The summed E-state index contributed by atoms with van der Waals surface area (Å²) in [7, 11) is 0. The molecule has 0 spiro atoms. The fraction of sp³-hybridized carbons (Fsp3) is 0.125. The molecule has 2 N–H and O–H groups in total. The highest BCUT2D eigenvalue weighted by Crippen LogP contribution is 1.99. The Hall–Kier alpha value is -2.11. The van der Waals surface area contributed by atoms with Crippen molar-refractivity contribution in [2.24, 2.45) is 0 Å². The van der Waals surface area contributed by atoms with Crippen molar-refractivity contribution in [3.05, 3.63) is 40.8 Å². The number of anilines is 1. The van der Waals surface area contributed by atoms with Crippen molar-refractivity contribution in [3.8, 4) is 0 Å². The molecule has 0 aliphatic heterocycles. The third-order valence-electron chi connectivity index (χ3n) is 1.63. The Morgan fingerprint density at radius 2 is 2.43 bits per heavy atom. The van der Waals surface area contributed by atoms with Crippen molar-refractivity contribution in [1.29, 1.82) is 0 Å². The van der Waals surface area contributed by atoms with Crippen LogP contribution < -0.4 is 10.9 Å². The summed E-state index contributed by atoms with van der Waals surface area (Å²) < 4.78 is 4.84. The van der Waals surface area contributed by atoms with Crippen LogP contribution in [0.15, 0.2) is 34.0 Å². The lowest BCUT2D eigenvalue weighted by Crippen LogP contribution is -2.14. The SMILES string of the molecule is O=c1[nH]ccnc1NCc1ccno1. The molecule has 2 rings (SSSR count). The molecule has 0 aromatic carbocycles. The van der Waals surface area contributed by atoms with Gasteiger partial charge in [-0.25, -0.2) is 4.98 Å². The second kappa shape index (κ2) is 3.73. The molecular weight excluding hydrogens is 184 g/mol. The number of hydrogen-bond donors (Lipinski definition) is 2. The van der Waals surface area contributed by atoms with Crippen LogP contribution in [0.2, 0.25) is 0 Å². The lowest BCUT2D eigenvalue weighted by molar-refractivity contribution is 0.388. The molecule has 0 atom stereocenters. The van der Waals surface area contributed by atoms with Gasteiger partial charge in [0.1, 0.15) is 0 Å². The van der Waals surface area contributed by atoms with E-state index in [0.717, 1.165) is 0 Å². The molecule has 14 heavy (non-hydrogen) atoms. The molecule has 6 nitrogen and oxygen atoms in total. The van der Waals surface area contributed by atoms with Gasteiger partial charge in [-0.1, -0.05) is 5.16 Å². The smallest absolute Gasteiger partial charge is 0.290 e. The predicted octanol–water partition coefficient (Wildman–Crippen LogP) is 0.370. The third-order valence-corrected chi connectivity index (χ3v) is 1.63. The molecule has 0 aliphatic carbocycles. The number of rotatable bonds is 3. The molecule has 0 aliphatic rings. The van der Waals surface area contributed by atoms with Gasteiger partial charge in [-0.3, -0.25) is 4.79 Å². The fourth-order valence-electron chi connectivity index (χ4n) is 0.982. The molecule has 0 saturated heterocycles. The average Bonchev–Trinajstić information content (AvgIpc) is 2.69. The minimum atomic E-state index is -0.257. The predicted molar refractivity (Wildman–Crippen MR) is 48.7 cm³/mol. The maximum atomic E-state index is 11.2. The van der Waals surface area contributed by atoms with Crippen molar-refractivity contribution >= 4 is 5.82 Å². The van der Waals surface area contributed by atoms with Crippen LogP contribution in [-0.4, -0.2) is 15.1 Å². The van der Waals surface area contributed by atoms with Gasteiger partial charge in [0.25, 0.3) is 5.56 Å². The molecule has 72 valence electrons. The maximum Gasteiger partial charge on any atom is 0.290 e. The molecule has 2 aromatic rings. The molecule has 0 unspecified atom stereocenters. The molecule has 6 heteroatoms.